The molecule has 0 aromatic heterocycles. The number of methoxy groups -OCH3 is 1. The molecule has 1 heterocycles. The Morgan fingerprint density at radius 3 is 2.48 bits per heavy atom. The minimum atomic E-state index is -3.49. The van der Waals surface area contributed by atoms with E-state index >= 15 is 0 Å². The highest BCUT2D eigenvalue weighted by Crippen LogP contribution is 2.17. The molecule has 0 spiro atoms. The lowest BCUT2D eigenvalue weighted by molar-refractivity contribution is 0.0600. The Balaban J connectivity index is 0.00000220. The van der Waals surface area contributed by atoms with Crippen LogP contribution in [0.2, 0.25) is 0 Å². The zero-order valence-corrected chi connectivity index (χ0v) is 13.4. The Morgan fingerprint density at radius 1 is 1.19 bits per heavy atom. The van der Waals surface area contributed by atoms with Crippen LogP contribution in [0.4, 0.5) is 0 Å². The fraction of sp³-hybridized carbons (Fsp3) is 0.462. The van der Waals surface area contributed by atoms with Crippen LogP contribution in [0.1, 0.15) is 16.8 Å². The number of halogens is 1. The molecule has 1 fully saturated rings. The first kappa shape index (κ1) is 17.9. The van der Waals surface area contributed by atoms with Gasteiger partial charge in [-0.05, 0) is 37.2 Å². The van der Waals surface area contributed by atoms with Gasteiger partial charge in [0.25, 0.3) is 0 Å². The number of sulfonamides is 1. The first-order valence-electron chi connectivity index (χ1n) is 6.45. The first-order valence-corrected chi connectivity index (χ1v) is 7.89. The van der Waals surface area contributed by atoms with Crippen molar-refractivity contribution in [2.75, 3.05) is 33.3 Å². The Hall–Kier alpha value is -1.15. The zero-order valence-electron chi connectivity index (χ0n) is 11.7. The summed E-state index contributed by atoms with van der Waals surface area (Å²) in [6.45, 7) is 2.45. The number of carbonyl (C=O) groups excluding carboxylic acids is 1. The highest BCUT2D eigenvalue weighted by atomic mass is 35.5. The molecule has 0 aliphatic carbocycles. The second-order valence-electron chi connectivity index (χ2n) is 4.52. The Labute approximate surface area is 130 Å². The summed E-state index contributed by atoms with van der Waals surface area (Å²) < 4.78 is 31.0. The minimum Gasteiger partial charge on any atom is -0.465 e. The summed E-state index contributed by atoms with van der Waals surface area (Å²) in [4.78, 5) is 11.5. The number of hydrogen-bond donors (Lipinski definition) is 1. The summed E-state index contributed by atoms with van der Waals surface area (Å²) in [5.74, 6) is -0.479. The Bertz CT molecular complexity index is 566. The lowest BCUT2D eigenvalue weighted by atomic mass is 10.2. The predicted molar refractivity (Wildman–Crippen MR) is 81.3 cm³/mol. The third kappa shape index (κ3) is 4.16. The van der Waals surface area contributed by atoms with Gasteiger partial charge in [0.2, 0.25) is 10.0 Å². The topological polar surface area (TPSA) is 75.7 Å². The van der Waals surface area contributed by atoms with E-state index < -0.39 is 16.0 Å². The van der Waals surface area contributed by atoms with Gasteiger partial charge in [0.15, 0.2) is 0 Å². The van der Waals surface area contributed by atoms with Gasteiger partial charge >= 0.3 is 5.97 Å². The Kier molecular flexibility index (Phi) is 6.60. The van der Waals surface area contributed by atoms with Crippen LogP contribution in [0.3, 0.4) is 0 Å². The average Bonchev–Trinajstić information content (AvgIpc) is 2.76. The van der Waals surface area contributed by atoms with Gasteiger partial charge in [-0.3, -0.25) is 0 Å². The SMILES string of the molecule is COC(=O)c1ccc(S(=O)(=O)N2CCCNCC2)cc1.Cl. The van der Waals surface area contributed by atoms with Crippen molar-refractivity contribution in [1.82, 2.24) is 9.62 Å². The van der Waals surface area contributed by atoms with Crippen molar-refractivity contribution in [3.05, 3.63) is 29.8 Å². The molecule has 6 nitrogen and oxygen atoms in total. The number of hydrogen-bond acceptors (Lipinski definition) is 5. The van der Waals surface area contributed by atoms with E-state index in [1.807, 2.05) is 0 Å². The maximum Gasteiger partial charge on any atom is 0.337 e. The van der Waals surface area contributed by atoms with Crippen LogP contribution in [0, 0.1) is 0 Å². The lowest BCUT2D eigenvalue weighted by Gasteiger charge is -2.19. The maximum absolute atomic E-state index is 12.5. The number of esters is 1. The third-order valence-electron chi connectivity index (χ3n) is 3.21. The van der Waals surface area contributed by atoms with E-state index in [0.29, 0.717) is 25.2 Å². The fourth-order valence-corrected chi connectivity index (χ4v) is 3.57. The summed E-state index contributed by atoms with van der Waals surface area (Å²) in [5.41, 5.74) is 0.337. The van der Waals surface area contributed by atoms with E-state index in [1.165, 1.54) is 35.7 Å². The molecule has 1 aromatic rings. The van der Waals surface area contributed by atoms with E-state index in [1.54, 1.807) is 0 Å². The first-order chi connectivity index (χ1) is 9.55. The van der Waals surface area contributed by atoms with Gasteiger partial charge < -0.3 is 10.1 Å². The number of nitrogens with zero attached hydrogens (tertiary/aromatic N) is 1. The molecule has 1 aromatic carbocycles. The predicted octanol–water partition coefficient (Wildman–Crippen LogP) is 0.879. The number of benzene rings is 1. The van der Waals surface area contributed by atoms with E-state index in [4.69, 9.17) is 0 Å². The standard InChI is InChI=1S/C13H18N2O4S.ClH/c1-19-13(16)11-3-5-12(6-4-11)20(17,18)15-9-2-7-14-8-10-15;/h3-6,14H,2,7-10H2,1H3;1H. The molecule has 0 unspecified atom stereocenters. The summed E-state index contributed by atoms with van der Waals surface area (Å²) >= 11 is 0. The largest absolute Gasteiger partial charge is 0.465 e. The van der Waals surface area contributed by atoms with Gasteiger partial charge in [-0.15, -0.1) is 12.4 Å². The van der Waals surface area contributed by atoms with E-state index in [0.717, 1.165) is 13.0 Å². The second-order valence-corrected chi connectivity index (χ2v) is 6.46. The summed E-state index contributed by atoms with van der Waals surface area (Å²) in [7, 11) is -2.20. The van der Waals surface area contributed by atoms with Gasteiger partial charge in [-0.1, -0.05) is 0 Å². The van der Waals surface area contributed by atoms with Gasteiger partial charge in [-0.25, -0.2) is 13.2 Å². The number of carbonyl (C=O) groups is 1. The van der Waals surface area contributed by atoms with Crippen molar-refractivity contribution in [1.29, 1.82) is 0 Å². The van der Waals surface area contributed by atoms with Crippen molar-refractivity contribution in [2.45, 2.75) is 11.3 Å². The quantitative estimate of drug-likeness (QED) is 0.830. The normalized spacial score (nSPS) is 16.6. The highest BCUT2D eigenvalue weighted by molar-refractivity contribution is 7.89. The number of rotatable bonds is 3. The molecule has 2 rings (SSSR count). The van der Waals surface area contributed by atoms with Crippen molar-refractivity contribution in [3.8, 4) is 0 Å². The second kappa shape index (κ2) is 7.74. The van der Waals surface area contributed by atoms with Crippen LogP contribution in [0.25, 0.3) is 0 Å². The maximum atomic E-state index is 12.5. The van der Waals surface area contributed by atoms with Gasteiger partial charge in [0.1, 0.15) is 0 Å². The molecule has 1 saturated heterocycles. The lowest BCUT2D eigenvalue weighted by Crippen LogP contribution is -2.34. The van der Waals surface area contributed by atoms with Gasteiger partial charge in [-0.2, -0.15) is 4.31 Å². The molecule has 0 atom stereocenters. The van der Waals surface area contributed by atoms with Crippen molar-refractivity contribution < 1.29 is 17.9 Å². The number of ether oxygens (including phenoxy) is 1. The zero-order chi connectivity index (χ0) is 14.6. The molecule has 1 aliphatic rings. The molecule has 1 aliphatic heterocycles. The van der Waals surface area contributed by atoms with Crippen LogP contribution in [0.5, 0.6) is 0 Å². The van der Waals surface area contributed by atoms with Crippen molar-refractivity contribution >= 4 is 28.4 Å². The van der Waals surface area contributed by atoms with Crippen molar-refractivity contribution in [2.24, 2.45) is 0 Å². The summed E-state index contributed by atoms with van der Waals surface area (Å²) in [6, 6.07) is 5.82. The molecule has 21 heavy (non-hydrogen) atoms. The van der Waals surface area contributed by atoms with Gasteiger partial charge in [0, 0.05) is 19.6 Å². The van der Waals surface area contributed by atoms with E-state index in [2.05, 4.69) is 10.1 Å². The highest BCUT2D eigenvalue weighted by Gasteiger charge is 2.25. The third-order valence-corrected chi connectivity index (χ3v) is 5.13. The van der Waals surface area contributed by atoms with E-state index in [-0.39, 0.29) is 17.3 Å². The number of nitrogens with one attached hydrogen (secondary N) is 1. The molecule has 0 radical (unpaired) electrons. The average molecular weight is 335 g/mol. The van der Waals surface area contributed by atoms with Crippen LogP contribution in [-0.2, 0) is 14.8 Å². The molecule has 0 bridgehead atoms. The minimum absolute atomic E-state index is 0. The van der Waals surface area contributed by atoms with Crippen LogP contribution in [-0.4, -0.2) is 52.0 Å². The molecular formula is C13H19ClN2O4S. The Morgan fingerprint density at radius 2 is 1.86 bits per heavy atom. The molecular weight excluding hydrogens is 316 g/mol. The molecule has 8 heteroatoms. The monoisotopic (exact) mass is 334 g/mol. The smallest absolute Gasteiger partial charge is 0.337 e. The molecule has 118 valence electrons. The molecule has 1 N–H and O–H groups in total. The molecule has 0 saturated carbocycles. The van der Waals surface area contributed by atoms with Crippen LogP contribution >= 0.6 is 12.4 Å². The van der Waals surface area contributed by atoms with Gasteiger partial charge in [0.05, 0.1) is 17.6 Å². The van der Waals surface area contributed by atoms with Crippen LogP contribution < -0.4 is 5.32 Å². The summed E-state index contributed by atoms with van der Waals surface area (Å²) in [5, 5.41) is 3.17. The molecule has 0 amide bonds. The fourth-order valence-electron chi connectivity index (χ4n) is 2.09. The van der Waals surface area contributed by atoms with Crippen molar-refractivity contribution in [3.63, 3.8) is 0 Å². The van der Waals surface area contributed by atoms with E-state index in [9.17, 15) is 13.2 Å². The van der Waals surface area contributed by atoms with Crippen LogP contribution in [0.15, 0.2) is 29.2 Å². The summed E-state index contributed by atoms with van der Waals surface area (Å²) in [6.07, 6.45) is 0.791.